The topological polar surface area (TPSA) is 73.2 Å². The number of aromatic nitrogens is 2. The minimum atomic E-state index is -2.83. The maximum Gasteiger partial charge on any atom is 0.203 e. The van der Waals surface area contributed by atoms with Crippen molar-refractivity contribution in [3.8, 4) is 0 Å². The van der Waals surface area contributed by atoms with Crippen LogP contribution in [-0.2, 0) is 14.6 Å². The van der Waals surface area contributed by atoms with Crippen molar-refractivity contribution in [2.75, 3.05) is 30.5 Å². The zero-order chi connectivity index (χ0) is 13.9. The molecule has 0 radical (unpaired) electrons. The first-order valence-corrected chi connectivity index (χ1v) is 8.32. The largest absolute Gasteiger partial charge is 0.383 e. The van der Waals surface area contributed by atoms with Crippen molar-refractivity contribution >= 4 is 15.8 Å². The number of sulfone groups is 1. The monoisotopic (exact) mass is 287 g/mol. The molecule has 19 heavy (non-hydrogen) atoms. The van der Waals surface area contributed by atoms with Gasteiger partial charge in [-0.05, 0) is 19.8 Å². The molecule has 7 heteroatoms. The SMILES string of the molecule is COCC(C)Nc1nccn1C1CCS(=O)(=O)CC1. The average Bonchev–Trinajstić information content (AvgIpc) is 2.77. The summed E-state index contributed by atoms with van der Waals surface area (Å²) in [6.45, 7) is 2.62. The molecule has 1 saturated heterocycles. The highest BCUT2D eigenvalue weighted by Crippen LogP contribution is 2.26. The fourth-order valence-electron chi connectivity index (χ4n) is 2.39. The number of rotatable bonds is 5. The van der Waals surface area contributed by atoms with E-state index in [1.807, 2.05) is 17.7 Å². The van der Waals surface area contributed by atoms with Gasteiger partial charge < -0.3 is 14.6 Å². The molecule has 1 aliphatic heterocycles. The Kier molecular flexibility index (Phi) is 4.46. The van der Waals surface area contributed by atoms with Crippen molar-refractivity contribution in [3.63, 3.8) is 0 Å². The van der Waals surface area contributed by atoms with Crippen LogP contribution in [0.3, 0.4) is 0 Å². The van der Waals surface area contributed by atoms with Crippen LogP contribution in [-0.4, -0.2) is 49.2 Å². The number of nitrogens with one attached hydrogen (secondary N) is 1. The molecular formula is C12H21N3O3S. The summed E-state index contributed by atoms with van der Waals surface area (Å²) in [5.41, 5.74) is 0. The van der Waals surface area contributed by atoms with Crippen molar-refractivity contribution in [1.29, 1.82) is 0 Å². The van der Waals surface area contributed by atoms with Gasteiger partial charge >= 0.3 is 0 Å². The van der Waals surface area contributed by atoms with Gasteiger partial charge in [-0.15, -0.1) is 0 Å². The van der Waals surface area contributed by atoms with Crippen LogP contribution in [0.2, 0.25) is 0 Å². The smallest absolute Gasteiger partial charge is 0.203 e. The summed E-state index contributed by atoms with van der Waals surface area (Å²) in [6, 6.07) is 0.377. The number of anilines is 1. The Morgan fingerprint density at radius 2 is 2.21 bits per heavy atom. The third-order valence-corrected chi connectivity index (χ3v) is 5.09. The van der Waals surface area contributed by atoms with Gasteiger partial charge in [0.05, 0.1) is 18.1 Å². The summed E-state index contributed by atoms with van der Waals surface area (Å²) in [5.74, 6) is 1.32. The van der Waals surface area contributed by atoms with Gasteiger partial charge in [-0.3, -0.25) is 0 Å². The zero-order valence-electron chi connectivity index (χ0n) is 11.4. The minimum Gasteiger partial charge on any atom is -0.383 e. The summed E-state index contributed by atoms with van der Waals surface area (Å²) < 4.78 is 30.0. The quantitative estimate of drug-likeness (QED) is 0.877. The normalized spacial score (nSPS) is 21.2. The fourth-order valence-corrected chi connectivity index (χ4v) is 3.85. The zero-order valence-corrected chi connectivity index (χ0v) is 12.2. The van der Waals surface area contributed by atoms with Gasteiger partial charge in [0, 0.05) is 31.6 Å². The van der Waals surface area contributed by atoms with E-state index in [0.717, 1.165) is 5.95 Å². The lowest BCUT2D eigenvalue weighted by Gasteiger charge is -2.25. The van der Waals surface area contributed by atoms with Crippen LogP contribution >= 0.6 is 0 Å². The van der Waals surface area contributed by atoms with Crippen LogP contribution < -0.4 is 5.32 Å². The van der Waals surface area contributed by atoms with Gasteiger partial charge in [0.2, 0.25) is 5.95 Å². The molecule has 0 saturated carbocycles. The molecule has 0 aliphatic carbocycles. The van der Waals surface area contributed by atoms with Crippen molar-refractivity contribution in [2.24, 2.45) is 0 Å². The standard InChI is InChI=1S/C12H21N3O3S/c1-10(9-18-2)14-12-13-5-6-15(12)11-3-7-19(16,17)8-4-11/h5-6,10-11H,3-4,7-9H2,1-2H3,(H,13,14). The van der Waals surface area contributed by atoms with Gasteiger partial charge in [-0.25, -0.2) is 13.4 Å². The average molecular weight is 287 g/mol. The Bertz CT molecular complexity index is 498. The number of hydrogen-bond acceptors (Lipinski definition) is 5. The fraction of sp³-hybridized carbons (Fsp3) is 0.750. The minimum absolute atomic E-state index is 0.165. The second kappa shape index (κ2) is 5.92. The predicted octanol–water partition coefficient (Wildman–Crippen LogP) is 1.08. The first kappa shape index (κ1) is 14.3. The van der Waals surface area contributed by atoms with Crippen LogP contribution in [0.1, 0.15) is 25.8 Å². The lowest BCUT2D eigenvalue weighted by Crippen LogP contribution is -2.28. The molecule has 0 amide bonds. The second-order valence-electron chi connectivity index (χ2n) is 5.04. The summed E-state index contributed by atoms with van der Waals surface area (Å²) in [4.78, 5) is 4.30. The van der Waals surface area contributed by atoms with E-state index in [1.165, 1.54) is 0 Å². The maximum atomic E-state index is 11.5. The van der Waals surface area contributed by atoms with E-state index in [9.17, 15) is 8.42 Å². The maximum absolute atomic E-state index is 11.5. The number of imidazole rings is 1. The molecule has 1 aromatic heterocycles. The second-order valence-corrected chi connectivity index (χ2v) is 7.35. The molecule has 0 spiro atoms. The summed E-state index contributed by atoms with van der Waals surface area (Å²) in [7, 11) is -1.16. The first-order valence-electron chi connectivity index (χ1n) is 6.50. The Morgan fingerprint density at radius 3 is 2.84 bits per heavy atom. The Balaban J connectivity index is 2.03. The molecular weight excluding hydrogens is 266 g/mol. The highest BCUT2D eigenvalue weighted by molar-refractivity contribution is 7.91. The van der Waals surface area contributed by atoms with Crippen LogP contribution in [0.25, 0.3) is 0 Å². The summed E-state index contributed by atoms with van der Waals surface area (Å²) in [5, 5.41) is 3.29. The van der Waals surface area contributed by atoms with Crippen molar-refractivity contribution in [2.45, 2.75) is 31.8 Å². The number of nitrogens with zero attached hydrogens (tertiary/aromatic N) is 2. The predicted molar refractivity (Wildman–Crippen MR) is 74.1 cm³/mol. The third kappa shape index (κ3) is 3.70. The molecule has 1 atom stereocenters. The Hall–Kier alpha value is -1.08. The van der Waals surface area contributed by atoms with E-state index < -0.39 is 9.84 Å². The van der Waals surface area contributed by atoms with Gasteiger partial charge in [0.25, 0.3) is 0 Å². The van der Waals surface area contributed by atoms with E-state index in [2.05, 4.69) is 10.3 Å². The van der Waals surface area contributed by atoms with Gasteiger partial charge in [0.1, 0.15) is 9.84 Å². The molecule has 1 fully saturated rings. The number of methoxy groups -OCH3 is 1. The van der Waals surface area contributed by atoms with Gasteiger partial charge in [0.15, 0.2) is 0 Å². The van der Waals surface area contributed by atoms with Gasteiger partial charge in [-0.2, -0.15) is 0 Å². The molecule has 1 N–H and O–H groups in total. The molecule has 108 valence electrons. The number of ether oxygens (including phenoxy) is 1. The lowest BCUT2D eigenvalue weighted by molar-refractivity contribution is 0.190. The van der Waals surface area contributed by atoms with Crippen LogP contribution in [0.15, 0.2) is 12.4 Å². The van der Waals surface area contributed by atoms with Crippen LogP contribution in [0.4, 0.5) is 5.95 Å². The molecule has 0 aromatic carbocycles. The van der Waals surface area contributed by atoms with E-state index in [0.29, 0.717) is 19.4 Å². The third-order valence-electron chi connectivity index (χ3n) is 3.38. The van der Waals surface area contributed by atoms with Crippen LogP contribution in [0, 0.1) is 0 Å². The van der Waals surface area contributed by atoms with E-state index in [-0.39, 0.29) is 23.6 Å². The molecule has 0 bridgehead atoms. The Labute approximate surface area is 114 Å². The molecule has 1 unspecified atom stereocenters. The molecule has 1 aliphatic rings. The Morgan fingerprint density at radius 1 is 1.53 bits per heavy atom. The van der Waals surface area contributed by atoms with Crippen molar-refractivity contribution in [1.82, 2.24) is 9.55 Å². The molecule has 2 rings (SSSR count). The summed E-state index contributed by atoms with van der Waals surface area (Å²) >= 11 is 0. The number of hydrogen-bond donors (Lipinski definition) is 1. The lowest BCUT2D eigenvalue weighted by atomic mass is 10.1. The van der Waals surface area contributed by atoms with Crippen molar-refractivity contribution in [3.05, 3.63) is 12.4 Å². The summed E-state index contributed by atoms with van der Waals surface area (Å²) in [6.07, 6.45) is 4.97. The van der Waals surface area contributed by atoms with E-state index in [4.69, 9.17) is 4.74 Å². The molecule has 6 nitrogen and oxygen atoms in total. The van der Waals surface area contributed by atoms with Crippen molar-refractivity contribution < 1.29 is 13.2 Å². The highest BCUT2D eigenvalue weighted by atomic mass is 32.2. The van der Waals surface area contributed by atoms with Crippen LogP contribution in [0.5, 0.6) is 0 Å². The molecule has 1 aromatic rings. The van der Waals surface area contributed by atoms with E-state index in [1.54, 1.807) is 13.3 Å². The first-order chi connectivity index (χ1) is 9.02. The van der Waals surface area contributed by atoms with E-state index >= 15 is 0 Å². The molecule has 2 heterocycles. The van der Waals surface area contributed by atoms with Gasteiger partial charge in [-0.1, -0.05) is 0 Å². The highest BCUT2D eigenvalue weighted by Gasteiger charge is 2.26.